The van der Waals surface area contributed by atoms with Gasteiger partial charge in [-0.3, -0.25) is 19.2 Å². The normalized spacial score (nSPS) is 13.4. The van der Waals surface area contributed by atoms with Gasteiger partial charge in [-0.2, -0.15) is 4.72 Å². The van der Waals surface area contributed by atoms with Gasteiger partial charge in [0.1, 0.15) is 30.7 Å². The maximum atomic E-state index is 12.8. The van der Waals surface area contributed by atoms with Crippen LogP contribution in [-0.2, 0) is 59.8 Å². The number of ether oxygens (including phenoxy) is 2. The van der Waals surface area contributed by atoms with Crippen molar-refractivity contribution >= 4 is 53.2 Å². The maximum absolute atomic E-state index is 12.8. The van der Waals surface area contributed by atoms with Crippen molar-refractivity contribution in [2.45, 2.75) is 90.1 Å². The number of carboxylic acids is 2. The van der Waals surface area contributed by atoms with Crippen LogP contribution in [0.1, 0.15) is 78.5 Å². The van der Waals surface area contributed by atoms with Crippen molar-refractivity contribution in [3.05, 3.63) is 5.82 Å². The van der Waals surface area contributed by atoms with Crippen molar-refractivity contribution < 1.29 is 57.8 Å². The van der Waals surface area contributed by atoms with E-state index in [2.05, 4.69) is 41.3 Å². The quantitative estimate of drug-likeness (QED) is 0.0308. The summed E-state index contributed by atoms with van der Waals surface area (Å²) in [5.41, 5.74) is -1.41. The zero-order chi connectivity index (χ0) is 37.7. The lowest BCUT2D eigenvalue weighted by molar-refractivity contribution is -0.144. The molecule has 4 amide bonds. The summed E-state index contributed by atoms with van der Waals surface area (Å²) in [4.78, 5) is 82.0. The number of aromatic amines is 1. The summed E-state index contributed by atoms with van der Waals surface area (Å²) in [7, 11) is 0. The van der Waals surface area contributed by atoms with Crippen molar-refractivity contribution in [1.82, 2.24) is 41.3 Å². The molecule has 0 saturated heterocycles. The summed E-state index contributed by atoms with van der Waals surface area (Å²) in [5, 5.41) is 39.3. The SMILES string of the molecule is CC(C)(CC(C)(C)c1nnn[nH]1)C(=O)N[S+]([O-])CCCC(=O)NCCOCCOCC(=O)NC(CCC(=O)NC(CCC=O)C(=O)O)C(=O)O. The molecule has 1 heterocycles. The number of aliphatic carboxylic acids is 2. The molecule has 20 nitrogen and oxygen atoms in total. The fourth-order valence-corrected chi connectivity index (χ4v) is 5.63. The van der Waals surface area contributed by atoms with E-state index in [1.807, 2.05) is 13.8 Å². The number of amides is 4. The first-order chi connectivity index (χ1) is 23.5. The molecule has 1 aromatic heterocycles. The van der Waals surface area contributed by atoms with E-state index in [1.54, 1.807) is 13.8 Å². The second-order valence-electron chi connectivity index (χ2n) is 12.5. The van der Waals surface area contributed by atoms with Gasteiger partial charge in [-0.15, -0.1) is 5.10 Å². The summed E-state index contributed by atoms with van der Waals surface area (Å²) in [5.74, 6) is -4.31. The number of carbonyl (C=O) groups excluding carboxylic acids is 5. The van der Waals surface area contributed by atoms with Gasteiger partial charge in [0.15, 0.2) is 5.82 Å². The molecule has 0 aromatic carbocycles. The molecule has 282 valence electrons. The van der Waals surface area contributed by atoms with E-state index in [1.165, 1.54) is 0 Å². The topological polar surface area (TPSA) is 304 Å². The molecule has 1 rings (SSSR count). The zero-order valence-corrected chi connectivity index (χ0v) is 29.5. The number of nitrogens with one attached hydrogen (secondary N) is 5. The Bertz CT molecular complexity index is 1260. The summed E-state index contributed by atoms with van der Waals surface area (Å²) >= 11 is -1.67. The van der Waals surface area contributed by atoms with Gasteiger partial charge in [-0.25, -0.2) is 14.7 Å². The monoisotopic (exact) mass is 732 g/mol. The van der Waals surface area contributed by atoms with E-state index in [-0.39, 0.29) is 76.6 Å². The minimum absolute atomic E-state index is 0.0119. The molecule has 21 heteroatoms. The number of carboxylic acid groups (broad SMARTS) is 2. The second kappa shape index (κ2) is 22.5. The summed E-state index contributed by atoms with van der Waals surface area (Å²) < 4.78 is 25.4. The first kappa shape index (κ1) is 43.8. The van der Waals surface area contributed by atoms with E-state index >= 15 is 0 Å². The van der Waals surface area contributed by atoms with Crippen LogP contribution in [0.25, 0.3) is 0 Å². The van der Waals surface area contributed by atoms with Gasteiger partial charge < -0.3 is 45.0 Å². The third kappa shape index (κ3) is 18.0. The molecule has 50 heavy (non-hydrogen) atoms. The standard InChI is InChI=1S/C29H48N8O12S/c1-28(2,26-33-36-37-34-26)18-29(3,4)27(46)35-50(47)16-6-8-21(39)30-11-13-48-14-15-49-17-23(41)32-20(25(44)45)9-10-22(40)31-19(24(42)43)7-5-12-38/h12,19-20H,5-11,13-18H2,1-4H3,(H,30,39)(H,31,40)(H,32,41)(H,35,46)(H,42,43)(H,44,45)(H,33,34,36,37). The highest BCUT2D eigenvalue weighted by Gasteiger charge is 2.39. The molecule has 0 radical (unpaired) electrons. The van der Waals surface area contributed by atoms with Gasteiger partial charge in [0.2, 0.25) is 17.7 Å². The Morgan fingerprint density at radius 3 is 2.18 bits per heavy atom. The van der Waals surface area contributed by atoms with Crippen LogP contribution in [0.3, 0.4) is 0 Å². The lowest BCUT2D eigenvalue weighted by atomic mass is 9.74. The van der Waals surface area contributed by atoms with E-state index in [0.717, 1.165) is 0 Å². The Hall–Kier alpha value is -4.21. The Kier molecular flexibility index (Phi) is 19.7. The summed E-state index contributed by atoms with van der Waals surface area (Å²) in [6.45, 7) is 7.14. The van der Waals surface area contributed by atoms with Gasteiger partial charge >= 0.3 is 11.9 Å². The molecule has 0 spiro atoms. The Labute approximate surface area is 292 Å². The van der Waals surface area contributed by atoms with Crippen molar-refractivity contribution in [2.75, 3.05) is 38.7 Å². The second-order valence-corrected chi connectivity index (χ2v) is 13.8. The Morgan fingerprint density at radius 2 is 1.56 bits per heavy atom. The van der Waals surface area contributed by atoms with Gasteiger partial charge in [-0.1, -0.05) is 27.7 Å². The van der Waals surface area contributed by atoms with Gasteiger partial charge in [0.05, 0.1) is 31.2 Å². The predicted octanol–water partition coefficient (Wildman–Crippen LogP) is -1.50. The fraction of sp³-hybridized carbons (Fsp3) is 0.724. The van der Waals surface area contributed by atoms with Crippen LogP contribution in [0.15, 0.2) is 0 Å². The molecule has 0 aliphatic rings. The van der Waals surface area contributed by atoms with Gasteiger partial charge in [0.25, 0.3) is 5.91 Å². The molecule has 0 aliphatic carbocycles. The van der Waals surface area contributed by atoms with Crippen molar-refractivity contribution in [1.29, 1.82) is 0 Å². The molecule has 0 bridgehead atoms. The summed E-state index contributed by atoms with van der Waals surface area (Å²) in [6.07, 6.45) is 0.376. The van der Waals surface area contributed by atoms with Crippen LogP contribution in [0.4, 0.5) is 0 Å². The maximum Gasteiger partial charge on any atom is 0.326 e. The number of nitrogens with zero attached hydrogens (tertiary/aromatic N) is 3. The fourth-order valence-electron chi connectivity index (χ4n) is 4.63. The number of aldehydes is 1. The third-order valence-electron chi connectivity index (χ3n) is 7.10. The molecule has 1 aromatic rings. The smallest absolute Gasteiger partial charge is 0.326 e. The number of H-pyrrole nitrogens is 1. The van der Waals surface area contributed by atoms with Crippen LogP contribution in [0.2, 0.25) is 0 Å². The van der Waals surface area contributed by atoms with E-state index < -0.39 is 70.5 Å². The van der Waals surface area contributed by atoms with Crippen LogP contribution in [0.5, 0.6) is 0 Å². The average molecular weight is 733 g/mol. The molecular weight excluding hydrogens is 684 g/mol. The van der Waals surface area contributed by atoms with Crippen LogP contribution < -0.4 is 20.7 Å². The molecule has 0 aliphatic heterocycles. The largest absolute Gasteiger partial charge is 0.593 e. The number of carbonyl (C=O) groups is 7. The molecular formula is C29H48N8O12S. The highest BCUT2D eigenvalue weighted by atomic mass is 32.2. The van der Waals surface area contributed by atoms with E-state index in [4.69, 9.17) is 14.6 Å². The number of hydrogen-bond donors (Lipinski definition) is 7. The number of hydrogen-bond acceptors (Lipinski definition) is 13. The van der Waals surface area contributed by atoms with E-state index in [9.17, 15) is 43.2 Å². The van der Waals surface area contributed by atoms with Gasteiger partial charge in [-0.05, 0) is 29.7 Å². The third-order valence-corrected chi connectivity index (χ3v) is 8.17. The summed E-state index contributed by atoms with van der Waals surface area (Å²) in [6, 6.07) is -2.72. The number of tetrazole rings is 1. The highest BCUT2D eigenvalue weighted by Crippen LogP contribution is 2.35. The first-order valence-electron chi connectivity index (χ1n) is 15.8. The van der Waals surface area contributed by atoms with Crippen LogP contribution >= 0.6 is 0 Å². The van der Waals surface area contributed by atoms with Crippen LogP contribution in [-0.4, -0.2) is 128 Å². The lowest BCUT2D eigenvalue weighted by Gasteiger charge is -2.31. The molecule has 0 fully saturated rings. The minimum Gasteiger partial charge on any atom is -0.593 e. The minimum atomic E-state index is -1.67. The highest BCUT2D eigenvalue weighted by molar-refractivity contribution is 7.90. The number of rotatable bonds is 27. The lowest BCUT2D eigenvalue weighted by Crippen LogP contribution is -2.44. The molecule has 3 unspecified atom stereocenters. The Morgan fingerprint density at radius 1 is 0.920 bits per heavy atom. The molecule has 7 N–H and O–H groups in total. The molecule has 3 atom stereocenters. The van der Waals surface area contributed by atoms with Crippen molar-refractivity contribution in [3.63, 3.8) is 0 Å². The average Bonchev–Trinajstić information content (AvgIpc) is 3.58. The van der Waals surface area contributed by atoms with Crippen LogP contribution in [0, 0.1) is 5.41 Å². The van der Waals surface area contributed by atoms with Gasteiger partial charge in [0, 0.05) is 43.1 Å². The van der Waals surface area contributed by atoms with Crippen molar-refractivity contribution in [2.24, 2.45) is 5.41 Å². The first-order valence-corrected chi connectivity index (χ1v) is 17.1. The molecule has 0 saturated carbocycles. The zero-order valence-electron chi connectivity index (χ0n) is 28.7. The Balaban J connectivity index is 2.18. The number of aromatic nitrogens is 4. The van der Waals surface area contributed by atoms with E-state index in [0.29, 0.717) is 18.5 Å². The van der Waals surface area contributed by atoms with Crippen molar-refractivity contribution in [3.8, 4) is 0 Å². The predicted molar refractivity (Wildman–Crippen MR) is 174 cm³/mol.